The van der Waals surface area contributed by atoms with E-state index in [1.807, 2.05) is 0 Å². The molecule has 3 nitrogen and oxygen atoms in total. The molecule has 37 heavy (non-hydrogen) atoms. The van der Waals surface area contributed by atoms with E-state index in [-0.39, 0.29) is 10.8 Å². The normalized spacial score (nSPS) is 19.0. The van der Waals surface area contributed by atoms with Crippen molar-refractivity contribution in [2.24, 2.45) is 0 Å². The number of hydrogen-bond acceptors (Lipinski definition) is 3. The van der Waals surface area contributed by atoms with Gasteiger partial charge in [0.15, 0.2) is 14.1 Å². The minimum atomic E-state index is -2.73. The third-order valence-corrected chi connectivity index (χ3v) is 13.3. The van der Waals surface area contributed by atoms with Crippen LogP contribution in [0.15, 0.2) is 84.9 Å². The number of carbonyl (C=O) groups excluding carboxylic acids is 1. The van der Waals surface area contributed by atoms with Crippen molar-refractivity contribution in [2.75, 3.05) is 0 Å². The number of hydrogen-bond donors (Lipinski definition) is 0. The van der Waals surface area contributed by atoms with Gasteiger partial charge < -0.3 is 8.85 Å². The zero-order valence-electron chi connectivity index (χ0n) is 23.3. The molecule has 1 aliphatic rings. The molecule has 0 aromatic heterocycles. The lowest BCUT2D eigenvalue weighted by atomic mass is 9.79. The van der Waals surface area contributed by atoms with E-state index < -0.39 is 22.2 Å². The van der Waals surface area contributed by atoms with E-state index >= 15 is 0 Å². The van der Waals surface area contributed by atoms with Crippen LogP contribution in [0.1, 0.15) is 52.0 Å². The summed E-state index contributed by atoms with van der Waals surface area (Å²) in [4.78, 5) is 13.3. The Bertz CT molecular complexity index is 1160. The number of ketones is 1. The van der Waals surface area contributed by atoms with Crippen LogP contribution in [0.5, 0.6) is 5.75 Å². The van der Waals surface area contributed by atoms with Gasteiger partial charge in [0.05, 0.1) is 0 Å². The van der Waals surface area contributed by atoms with Crippen molar-refractivity contribution in [3.63, 3.8) is 0 Å². The molecule has 5 heteroatoms. The smallest absolute Gasteiger partial charge is 0.319 e. The summed E-state index contributed by atoms with van der Waals surface area (Å²) in [6, 6.07) is 29.8. The standard InChI is InChI=1S/C32H42O3Si2/c1-31(2,3)37(28-18-9-7-10-19-28,29-20-11-8-12-21-29)34-27-17-15-16-26(24-27)25-32(35-36(4,5)6)23-14-13-22-30(32)33/h7-12,15-21,24H,13-14,22-23,25H2,1-6H3/t32-/m0/s1. The highest BCUT2D eigenvalue weighted by molar-refractivity contribution is 7.00. The van der Waals surface area contributed by atoms with Crippen LogP contribution in [-0.2, 0) is 15.6 Å². The zero-order chi connectivity index (χ0) is 26.7. The van der Waals surface area contributed by atoms with Crippen molar-refractivity contribution in [3.8, 4) is 5.75 Å². The predicted molar refractivity (Wildman–Crippen MR) is 159 cm³/mol. The maximum atomic E-state index is 13.3. The highest BCUT2D eigenvalue weighted by atomic mass is 28.4. The molecular weight excluding hydrogens is 489 g/mol. The first-order chi connectivity index (χ1) is 17.5. The fourth-order valence-corrected chi connectivity index (χ4v) is 11.7. The third kappa shape index (κ3) is 6.00. The summed E-state index contributed by atoms with van der Waals surface area (Å²) in [6.45, 7) is 13.4. The number of carbonyl (C=O) groups is 1. The lowest BCUT2D eigenvalue weighted by Crippen LogP contribution is -2.68. The van der Waals surface area contributed by atoms with Crippen LogP contribution in [0.2, 0.25) is 24.7 Å². The maximum Gasteiger partial charge on any atom is 0.319 e. The van der Waals surface area contributed by atoms with Gasteiger partial charge in [-0.1, -0.05) is 93.6 Å². The summed E-state index contributed by atoms with van der Waals surface area (Å²) in [6.07, 6.45) is 4.02. The van der Waals surface area contributed by atoms with E-state index in [2.05, 4.69) is 125 Å². The molecule has 3 aromatic carbocycles. The second-order valence-corrected chi connectivity index (χ2v) is 21.1. The molecule has 1 atom stereocenters. The van der Waals surface area contributed by atoms with Crippen molar-refractivity contribution < 1.29 is 13.6 Å². The summed E-state index contributed by atoms with van der Waals surface area (Å²) in [5.41, 5.74) is 0.391. The van der Waals surface area contributed by atoms with Crippen molar-refractivity contribution in [2.45, 2.75) is 83.2 Å². The molecule has 3 aromatic rings. The molecule has 0 amide bonds. The van der Waals surface area contributed by atoms with Gasteiger partial charge in [0.2, 0.25) is 0 Å². The minimum absolute atomic E-state index is 0.118. The van der Waals surface area contributed by atoms with Crippen LogP contribution in [-0.4, -0.2) is 28.0 Å². The molecule has 0 bridgehead atoms. The average Bonchev–Trinajstić information content (AvgIpc) is 2.84. The van der Waals surface area contributed by atoms with Crippen LogP contribution in [0, 0.1) is 0 Å². The lowest BCUT2D eigenvalue weighted by molar-refractivity contribution is -0.138. The topological polar surface area (TPSA) is 35.5 Å². The Balaban J connectivity index is 1.77. The predicted octanol–water partition coefficient (Wildman–Crippen LogP) is 6.90. The third-order valence-electron chi connectivity index (χ3n) is 7.32. The first kappa shape index (κ1) is 27.6. The number of rotatable bonds is 8. The maximum absolute atomic E-state index is 13.3. The quantitative estimate of drug-likeness (QED) is 0.297. The van der Waals surface area contributed by atoms with Gasteiger partial charge in [-0.05, 0) is 72.0 Å². The highest BCUT2D eigenvalue weighted by Crippen LogP contribution is 2.39. The molecule has 196 valence electrons. The van der Waals surface area contributed by atoms with Crippen LogP contribution in [0.4, 0.5) is 0 Å². The monoisotopic (exact) mass is 530 g/mol. The molecule has 0 saturated heterocycles. The summed E-state index contributed by atoms with van der Waals surface area (Å²) < 4.78 is 13.9. The fourth-order valence-electron chi connectivity index (χ4n) is 5.86. The number of benzene rings is 3. The average molecular weight is 531 g/mol. The van der Waals surface area contributed by atoms with Gasteiger partial charge in [0.1, 0.15) is 11.4 Å². The molecule has 0 spiro atoms. The van der Waals surface area contributed by atoms with E-state index in [1.54, 1.807) is 0 Å². The van der Waals surface area contributed by atoms with Gasteiger partial charge >= 0.3 is 8.32 Å². The Labute approximate surface area is 225 Å². The van der Waals surface area contributed by atoms with Crippen molar-refractivity contribution in [3.05, 3.63) is 90.5 Å². The molecule has 1 aliphatic carbocycles. The Morgan fingerprint density at radius 1 is 0.811 bits per heavy atom. The van der Waals surface area contributed by atoms with E-state index in [4.69, 9.17) is 8.85 Å². The molecule has 0 N–H and O–H groups in total. The van der Waals surface area contributed by atoms with Crippen LogP contribution >= 0.6 is 0 Å². The Morgan fingerprint density at radius 2 is 1.41 bits per heavy atom. The SMILES string of the molecule is CC(C)(C)[Si](Oc1cccc(C[C@@]2(O[Si](C)(C)C)CCCCC2=O)c1)(c1ccccc1)c1ccccc1. The molecule has 0 unspecified atom stereocenters. The first-order valence-corrected chi connectivity index (χ1v) is 18.9. The van der Waals surface area contributed by atoms with Crippen molar-refractivity contribution >= 4 is 32.8 Å². The highest BCUT2D eigenvalue weighted by Gasteiger charge is 2.52. The largest absolute Gasteiger partial charge is 0.534 e. The number of Topliss-reactive ketones (excluding diaryl/α,β-unsaturated/α-hetero) is 1. The van der Waals surface area contributed by atoms with E-state index in [0.29, 0.717) is 12.8 Å². The lowest BCUT2D eigenvalue weighted by Gasteiger charge is -2.43. The second kappa shape index (κ2) is 10.7. The Kier molecular flexibility index (Phi) is 7.98. The molecular formula is C32H42O3Si2. The van der Waals surface area contributed by atoms with Crippen molar-refractivity contribution in [1.29, 1.82) is 0 Å². The molecule has 0 heterocycles. The van der Waals surface area contributed by atoms with E-state index in [0.717, 1.165) is 30.6 Å². The Hall–Kier alpha value is -2.48. The van der Waals surface area contributed by atoms with Gasteiger partial charge in [-0.3, -0.25) is 4.79 Å². The summed E-state index contributed by atoms with van der Waals surface area (Å²) in [7, 11) is -4.65. The van der Waals surface area contributed by atoms with Gasteiger partial charge in [0.25, 0.3) is 0 Å². The fraction of sp³-hybridized carbons (Fsp3) is 0.406. The molecule has 0 radical (unpaired) electrons. The summed E-state index contributed by atoms with van der Waals surface area (Å²) >= 11 is 0. The van der Waals surface area contributed by atoms with E-state index in [1.165, 1.54) is 10.4 Å². The second-order valence-electron chi connectivity index (χ2n) is 12.4. The van der Waals surface area contributed by atoms with Crippen molar-refractivity contribution in [1.82, 2.24) is 0 Å². The summed E-state index contributed by atoms with van der Waals surface area (Å²) in [5.74, 6) is 1.12. The molecule has 0 aliphatic heterocycles. The van der Waals surface area contributed by atoms with Crippen LogP contribution < -0.4 is 14.8 Å². The van der Waals surface area contributed by atoms with Gasteiger partial charge in [0, 0.05) is 12.8 Å². The van der Waals surface area contributed by atoms with E-state index in [9.17, 15) is 4.79 Å². The van der Waals surface area contributed by atoms with Crippen LogP contribution in [0.3, 0.4) is 0 Å². The molecule has 1 saturated carbocycles. The van der Waals surface area contributed by atoms with Gasteiger partial charge in [-0.25, -0.2) is 0 Å². The first-order valence-electron chi connectivity index (χ1n) is 13.6. The van der Waals surface area contributed by atoms with Gasteiger partial charge in [-0.15, -0.1) is 0 Å². The Morgan fingerprint density at radius 3 is 1.92 bits per heavy atom. The molecule has 4 rings (SSSR count). The van der Waals surface area contributed by atoms with Crippen LogP contribution in [0.25, 0.3) is 0 Å². The molecule has 1 fully saturated rings. The van der Waals surface area contributed by atoms with Gasteiger partial charge in [-0.2, -0.15) is 0 Å². The zero-order valence-corrected chi connectivity index (χ0v) is 25.3. The minimum Gasteiger partial charge on any atom is -0.534 e. The summed E-state index contributed by atoms with van der Waals surface area (Å²) in [5, 5.41) is 2.38.